The first-order valence-corrected chi connectivity index (χ1v) is 7.30. The van der Waals surface area contributed by atoms with Crippen LogP contribution in [0.1, 0.15) is 31.7 Å². The van der Waals surface area contributed by atoms with Crippen LogP contribution in [-0.2, 0) is 13.0 Å². The number of hydrogen-bond donors (Lipinski definition) is 1. The van der Waals surface area contributed by atoms with Crippen LogP contribution in [0.4, 0.5) is 13.2 Å². The largest absolute Gasteiger partial charge is 0.389 e. The summed E-state index contributed by atoms with van der Waals surface area (Å²) in [7, 11) is 0. The second-order valence-corrected chi connectivity index (χ2v) is 5.46. The molecule has 0 spiro atoms. The molecule has 21 heavy (non-hydrogen) atoms. The quantitative estimate of drug-likeness (QED) is 0.848. The van der Waals surface area contributed by atoms with E-state index >= 15 is 0 Å². The van der Waals surface area contributed by atoms with Crippen molar-refractivity contribution in [3.05, 3.63) is 36.0 Å². The molecule has 0 saturated carbocycles. The summed E-state index contributed by atoms with van der Waals surface area (Å²) in [6.45, 7) is 2.41. The van der Waals surface area contributed by atoms with Crippen molar-refractivity contribution in [2.24, 2.45) is 5.73 Å². The van der Waals surface area contributed by atoms with Crippen molar-refractivity contribution in [3.63, 3.8) is 0 Å². The summed E-state index contributed by atoms with van der Waals surface area (Å²) in [5.74, 6) is 0. The summed E-state index contributed by atoms with van der Waals surface area (Å²) >= 11 is 0. The van der Waals surface area contributed by atoms with Gasteiger partial charge in [0, 0.05) is 36.1 Å². The zero-order chi connectivity index (χ0) is 15.5. The molecule has 2 nitrogen and oxygen atoms in total. The summed E-state index contributed by atoms with van der Waals surface area (Å²) < 4.78 is 38.7. The Morgan fingerprint density at radius 3 is 2.62 bits per heavy atom. The molecular formula is C16H21F3N2. The van der Waals surface area contributed by atoms with Gasteiger partial charge in [0.1, 0.15) is 0 Å². The first-order valence-electron chi connectivity index (χ1n) is 7.30. The average Bonchev–Trinajstić information content (AvgIpc) is 2.76. The van der Waals surface area contributed by atoms with Gasteiger partial charge in [-0.1, -0.05) is 25.1 Å². The van der Waals surface area contributed by atoms with E-state index < -0.39 is 12.6 Å². The van der Waals surface area contributed by atoms with Gasteiger partial charge >= 0.3 is 6.18 Å². The van der Waals surface area contributed by atoms with Crippen molar-refractivity contribution >= 4 is 10.9 Å². The molecule has 0 radical (unpaired) electrons. The molecule has 1 heterocycles. The monoisotopic (exact) mass is 298 g/mol. The number of aryl methyl sites for hydroxylation is 1. The van der Waals surface area contributed by atoms with Crippen molar-refractivity contribution < 1.29 is 13.2 Å². The van der Waals surface area contributed by atoms with Crippen LogP contribution >= 0.6 is 0 Å². The topological polar surface area (TPSA) is 30.9 Å². The standard InChI is InChI=1S/C16H21F3N2/c1-2-13(20)10-12-11-21(9-5-8-16(17,18)19)15-7-4-3-6-14(12)15/h3-4,6-7,11,13H,2,5,8-10,20H2,1H3. The Kier molecular flexibility index (Phi) is 4.93. The van der Waals surface area contributed by atoms with E-state index in [1.54, 1.807) is 0 Å². The van der Waals surface area contributed by atoms with Gasteiger partial charge in [-0.3, -0.25) is 0 Å². The van der Waals surface area contributed by atoms with Crippen molar-refractivity contribution in [3.8, 4) is 0 Å². The van der Waals surface area contributed by atoms with Crippen molar-refractivity contribution in [1.29, 1.82) is 0 Å². The highest BCUT2D eigenvalue weighted by molar-refractivity contribution is 5.84. The maximum Gasteiger partial charge on any atom is 0.389 e. The highest BCUT2D eigenvalue weighted by Crippen LogP contribution is 2.25. The lowest BCUT2D eigenvalue weighted by Gasteiger charge is -2.08. The SMILES string of the molecule is CCC(N)Cc1cn(CCCC(F)(F)F)c2ccccc12. The summed E-state index contributed by atoms with van der Waals surface area (Å²) in [4.78, 5) is 0. The van der Waals surface area contributed by atoms with Crippen molar-refractivity contribution in [2.45, 2.75) is 51.4 Å². The number of alkyl halides is 3. The predicted molar refractivity (Wildman–Crippen MR) is 79.2 cm³/mol. The molecule has 2 aromatic rings. The number of hydrogen-bond acceptors (Lipinski definition) is 1. The number of nitrogens with zero attached hydrogens (tertiary/aromatic N) is 1. The lowest BCUT2D eigenvalue weighted by atomic mass is 10.0. The second kappa shape index (κ2) is 6.52. The number of halogens is 3. The molecule has 0 amide bonds. The number of para-hydroxylation sites is 1. The van der Waals surface area contributed by atoms with Crippen molar-refractivity contribution in [1.82, 2.24) is 4.57 Å². The van der Waals surface area contributed by atoms with E-state index in [2.05, 4.69) is 0 Å². The lowest BCUT2D eigenvalue weighted by molar-refractivity contribution is -0.135. The van der Waals surface area contributed by atoms with E-state index in [0.29, 0.717) is 6.54 Å². The maximum absolute atomic E-state index is 12.3. The van der Waals surface area contributed by atoms with Crippen LogP contribution in [0.5, 0.6) is 0 Å². The molecule has 1 atom stereocenters. The zero-order valence-electron chi connectivity index (χ0n) is 12.2. The number of aromatic nitrogens is 1. The normalized spacial score (nSPS) is 13.8. The third kappa shape index (κ3) is 4.24. The van der Waals surface area contributed by atoms with E-state index in [1.807, 2.05) is 42.0 Å². The third-order valence-electron chi connectivity index (χ3n) is 3.74. The predicted octanol–water partition coefficient (Wildman–Crippen LogP) is 4.26. The van der Waals surface area contributed by atoms with Crippen LogP contribution in [-0.4, -0.2) is 16.8 Å². The second-order valence-electron chi connectivity index (χ2n) is 5.46. The fraction of sp³-hybridized carbons (Fsp3) is 0.500. The van der Waals surface area contributed by atoms with Crippen LogP contribution in [0.3, 0.4) is 0 Å². The molecule has 0 aliphatic rings. The van der Waals surface area contributed by atoms with Gasteiger partial charge in [-0.15, -0.1) is 0 Å². The van der Waals surface area contributed by atoms with Crippen LogP contribution in [0.2, 0.25) is 0 Å². The number of nitrogens with two attached hydrogens (primary N) is 1. The average molecular weight is 298 g/mol. The minimum Gasteiger partial charge on any atom is -0.347 e. The number of rotatable bonds is 6. The lowest BCUT2D eigenvalue weighted by Crippen LogP contribution is -2.21. The molecule has 1 unspecified atom stereocenters. The Morgan fingerprint density at radius 1 is 1.24 bits per heavy atom. The molecule has 1 aromatic carbocycles. The first kappa shape index (κ1) is 15.9. The minimum absolute atomic E-state index is 0.0828. The van der Waals surface area contributed by atoms with Gasteiger partial charge in [0.25, 0.3) is 0 Å². The van der Waals surface area contributed by atoms with Crippen LogP contribution in [0, 0.1) is 0 Å². The Bertz CT molecular complexity index is 587. The molecular weight excluding hydrogens is 277 g/mol. The van der Waals surface area contributed by atoms with E-state index in [0.717, 1.165) is 29.3 Å². The van der Waals surface area contributed by atoms with Gasteiger partial charge in [-0.25, -0.2) is 0 Å². The highest BCUT2D eigenvalue weighted by Gasteiger charge is 2.26. The Labute approximate surface area is 122 Å². The van der Waals surface area contributed by atoms with Crippen LogP contribution < -0.4 is 5.73 Å². The molecule has 2 N–H and O–H groups in total. The molecule has 116 valence electrons. The highest BCUT2D eigenvalue weighted by atomic mass is 19.4. The van der Waals surface area contributed by atoms with E-state index in [-0.39, 0.29) is 12.5 Å². The minimum atomic E-state index is -4.09. The van der Waals surface area contributed by atoms with Gasteiger partial charge in [0.15, 0.2) is 0 Å². The van der Waals surface area contributed by atoms with E-state index in [9.17, 15) is 13.2 Å². The molecule has 0 saturated heterocycles. The van der Waals surface area contributed by atoms with Gasteiger partial charge in [-0.05, 0) is 30.9 Å². The Morgan fingerprint density at radius 2 is 1.95 bits per heavy atom. The molecule has 2 rings (SSSR count). The molecule has 0 aliphatic carbocycles. The first-order chi connectivity index (χ1) is 9.90. The molecule has 0 fully saturated rings. The van der Waals surface area contributed by atoms with Gasteiger partial charge < -0.3 is 10.3 Å². The summed E-state index contributed by atoms with van der Waals surface area (Å²) in [5.41, 5.74) is 8.11. The number of benzene rings is 1. The molecule has 1 aromatic heterocycles. The summed E-state index contributed by atoms with van der Waals surface area (Å²) in [6.07, 6.45) is -1.14. The molecule has 0 bridgehead atoms. The fourth-order valence-electron chi connectivity index (χ4n) is 2.55. The number of fused-ring (bicyclic) bond motifs is 1. The fourth-order valence-corrected chi connectivity index (χ4v) is 2.55. The van der Waals surface area contributed by atoms with Crippen molar-refractivity contribution in [2.75, 3.05) is 0 Å². The van der Waals surface area contributed by atoms with Gasteiger partial charge in [0.2, 0.25) is 0 Å². The zero-order valence-corrected chi connectivity index (χ0v) is 12.2. The summed E-state index contributed by atoms with van der Waals surface area (Å²) in [6, 6.07) is 7.89. The van der Waals surface area contributed by atoms with Gasteiger partial charge in [0.05, 0.1) is 0 Å². The maximum atomic E-state index is 12.3. The molecule has 5 heteroatoms. The Hall–Kier alpha value is -1.49. The molecule has 0 aliphatic heterocycles. The van der Waals surface area contributed by atoms with Gasteiger partial charge in [-0.2, -0.15) is 13.2 Å². The van der Waals surface area contributed by atoms with E-state index in [1.165, 1.54) is 0 Å². The smallest absolute Gasteiger partial charge is 0.347 e. The van der Waals surface area contributed by atoms with E-state index in [4.69, 9.17) is 5.73 Å². The van der Waals surface area contributed by atoms with Crippen LogP contribution in [0.25, 0.3) is 10.9 Å². The van der Waals surface area contributed by atoms with Crippen LogP contribution in [0.15, 0.2) is 30.5 Å². The third-order valence-corrected chi connectivity index (χ3v) is 3.74. The Balaban J connectivity index is 2.19. The summed E-state index contributed by atoms with van der Waals surface area (Å²) in [5, 5.41) is 1.09.